The highest BCUT2D eigenvalue weighted by molar-refractivity contribution is 5.91. The van der Waals surface area contributed by atoms with Crippen LogP contribution >= 0.6 is 0 Å². The van der Waals surface area contributed by atoms with Gasteiger partial charge in [-0.25, -0.2) is 0 Å². The molecule has 1 saturated heterocycles. The molecule has 1 aliphatic rings. The molecule has 1 fully saturated rings. The molecule has 0 saturated carbocycles. The zero-order valence-electron chi connectivity index (χ0n) is 8.40. The summed E-state index contributed by atoms with van der Waals surface area (Å²) in [5.41, 5.74) is 0. The summed E-state index contributed by atoms with van der Waals surface area (Å²) in [5.74, 6) is 1.17. The maximum atomic E-state index is 11.8. The van der Waals surface area contributed by atoms with E-state index in [2.05, 4.69) is 6.92 Å². The lowest BCUT2D eigenvalue weighted by atomic mass is 10.1. The molecule has 0 radical (unpaired) electrons. The predicted molar refractivity (Wildman–Crippen MR) is 53.0 cm³/mol. The minimum atomic E-state index is 0.0333. The molecule has 0 aliphatic carbocycles. The summed E-state index contributed by atoms with van der Waals surface area (Å²) >= 11 is 0. The Balaban J connectivity index is 2.00. The van der Waals surface area contributed by atoms with E-state index in [4.69, 9.17) is 4.42 Å². The molecule has 1 aliphatic heterocycles. The van der Waals surface area contributed by atoms with Crippen molar-refractivity contribution < 1.29 is 9.21 Å². The Morgan fingerprint density at radius 3 is 3.14 bits per heavy atom. The van der Waals surface area contributed by atoms with Gasteiger partial charge < -0.3 is 9.32 Å². The van der Waals surface area contributed by atoms with Crippen molar-refractivity contribution in [3.8, 4) is 0 Å². The second-order valence-corrected chi connectivity index (χ2v) is 3.79. The molecule has 1 aromatic heterocycles. The van der Waals surface area contributed by atoms with Crippen LogP contribution in [-0.2, 0) is 0 Å². The number of rotatable bonds is 2. The molecular weight excluding hydrogens is 178 g/mol. The first-order chi connectivity index (χ1) is 6.81. The van der Waals surface area contributed by atoms with Crippen LogP contribution in [0.1, 0.15) is 30.3 Å². The highest BCUT2D eigenvalue weighted by Crippen LogP contribution is 2.20. The second kappa shape index (κ2) is 3.86. The lowest BCUT2D eigenvalue weighted by molar-refractivity contribution is 0.0755. The van der Waals surface area contributed by atoms with Gasteiger partial charge in [0.1, 0.15) is 0 Å². The minimum Gasteiger partial charge on any atom is -0.459 e. The number of carbonyl (C=O) groups is 1. The Bertz CT molecular complexity index is 305. The van der Waals surface area contributed by atoms with Crippen LogP contribution in [0, 0.1) is 5.92 Å². The topological polar surface area (TPSA) is 33.5 Å². The van der Waals surface area contributed by atoms with Gasteiger partial charge in [-0.2, -0.15) is 0 Å². The van der Waals surface area contributed by atoms with Gasteiger partial charge in [-0.05, 0) is 24.5 Å². The minimum absolute atomic E-state index is 0.0333. The molecule has 76 valence electrons. The number of furan rings is 1. The number of hydrogen-bond donors (Lipinski definition) is 0. The van der Waals surface area contributed by atoms with Crippen molar-refractivity contribution in [1.82, 2.24) is 4.90 Å². The predicted octanol–water partition coefficient (Wildman–Crippen LogP) is 2.15. The van der Waals surface area contributed by atoms with Gasteiger partial charge in [0.05, 0.1) is 6.26 Å². The van der Waals surface area contributed by atoms with E-state index in [9.17, 15) is 4.79 Å². The fourth-order valence-electron chi connectivity index (χ4n) is 1.91. The first-order valence-electron chi connectivity index (χ1n) is 5.14. The fourth-order valence-corrected chi connectivity index (χ4v) is 1.91. The quantitative estimate of drug-likeness (QED) is 0.721. The summed E-state index contributed by atoms with van der Waals surface area (Å²) in [7, 11) is 0. The van der Waals surface area contributed by atoms with Gasteiger partial charge in [0.2, 0.25) is 0 Å². The zero-order valence-corrected chi connectivity index (χ0v) is 8.40. The van der Waals surface area contributed by atoms with Crippen LogP contribution in [0.3, 0.4) is 0 Å². The first-order valence-corrected chi connectivity index (χ1v) is 5.14. The molecule has 3 nitrogen and oxygen atoms in total. The van der Waals surface area contributed by atoms with E-state index in [1.165, 1.54) is 0 Å². The molecule has 2 rings (SSSR count). The van der Waals surface area contributed by atoms with Crippen LogP contribution in [0.25, 0.3) is 0 Å². The summed E-state index contributed by atoms with van der Waals surface area (Å²) in [6.45, 7) is 3.93. The van der Waals surface area contributed by atoms with Crippen molar-refractivity contribution in [3.63, 3.8) is 0 Å². The van der Waals surface area contributed by atoms with Gasteiger partial charge in [0.25, 0.3) is 5.91 Å². The van der Waals surface area contributed by atoms with Crippen molar-refractivity contribution >= 4 is 5.91 Å². The number of likely N-dealkylation sites (tertiary alicyclic amines) is 1. The molecule has 0 spiro atoms. The number of hydrogen-bond acceptors (Lipinski definition) is 2. The lowest BCUT2D eigenvalue weighted by Gasteiger charge is -2.14. The van der Waals surface area contributed by atoms with Gasteiger partial charge in [0, 0.05) is 13.1 Å². The standard InChI is InChI=1S/C11H15NO2/c1-2-9-5-6-12(8-9)11(13)10-4-3-7-14-10/h3-4,7,9H,2,5-6,8H2,1H3. The molecule has 1 aromatic rings. The van der Waals surface area contributed by atoms with E-state index in [-0.39, 0.29) is 5.91 Å². The van der Waals surface area contributed by atoms with E-state index in [0.717, 1.165) is 25.9 Å². The number of nitrogens with zero attached hydrogens (tertiary/aromatic N) is 1. The molecular formula is C11H15NO2. The highest BCUT2D eigenvalue weighted by atomic mass is 16.3. The SMILES string of the molecule is CCC1CCN(C(=O)c2ccco2)C1. The maximum absolute atomic E-state index is 11.8. The number of carbonyl (C=O) groups excluding carboxylic acids is 1. The summed E-state index contributed by atoms with van der Waals surface area (Å²) in [5, 5.41) is 0. The molecule has 1 atom stereocenters. The van der Waals surface area contributed by atoms with Crippen LogP contribution in [0.5, 0.6) is 0 Å². The third-order valence-electron chi connectivity index (χ3n) is 2.88. The van der Waals surface area contributed by atoms with E-state index in [0.29, 0.717) is 11.7 Å². The average Bonchev–Trinajstić information content (AvgIpc) is 2.88. The Kier molecular flexibility index (Phi) is 2.57. The van der Waals surface area contributed by atoms with Crippen molar-refractivity contribution in [2.45, 2.75) is 19.8 Å². The van der Waals surface area contributed by atoms with Crippen LogP contribution in [0.2, 0.25) is 0 Å². The molecule has 0 bridgehead atoms. The van der Waals surface area contributed by atoms with Gasteiger partial charge in [-0.15, -0.1) is 0 Å². The summed E-state index contributed by atoms with van der Waals surface area (Å²) in [4.78, 5) is 13.7. The fraction of sp³-hybridized carbons (Fsp3) is 0.545. The summed E-state index contributed by atoms with van der Waals surface area (Å²) in [6, 6.07) is 3.47. The van der Waals surface area contributed by atoms with E-state index < -0.39 is 0 Å². The van der Waals surface area contributed by atoms with Crippen molar-refractivity contribution in [1.29, 1.82) is 0 Å². The van der Waals surface area contributed by atoms with Crippen molar-refractivity contribution in [2.75, 3.05) is 13.1 Å². The van der Waals surface area contributed by atoms with Crippen LogP contribution in [0.15, 0.2) is 22.8 Å². The van der Waals surface area contributed by atoms with Crippen molar-refractivity contribution in [2.24, 2.45) is 5.92 Å². The number of amides is 1. The highest BCUT2D eigenvalue weighted by Gasteiger charge is 2.26. The van der Waals surface area contributed by atoms with Crippen LogP contribution < -0.4 is 0 Å². The van der Waals surface area contributed by atoms with Gasteiger partial charge in [-0.3, -0.25) is 4.79 Å². The van der Waals surface area contributed by atoms with Gasteiger partial charge in [0.15, 0.2) is 5.76 Å². The van der Waals surface area contributed by atoms with E-state index in [1.807, 2.05) is 4.90 Å². The molecule has 1 unspecified atom stereocenters. The van der Waals surface area contributed by atoms with Crippen LogP contribution in [-0.4, -0.2) is 23.9 Å². The maximum Gasteiger partial charge on any atom is 0.289 e. The van der Waals surface area contributed by atoms with Gasteiger partial charge in [-0.1, -0.05) is 13.3 Å². The van der Waals surface area contributed by atoms with E-state index in [1.54, 1.807) is 18.4 Å². The lowest BCUT2D eigenvalue weighted by Crippen LogP contribution is -2.28. The molecule has 2 heterocycles. The molecule has 0 N–H and O–H groups in total. The van der Waals surface area contributed by atoms with Gasteiger partial charge >= 0.3 is 0 Å². The third kappa shape index (κ3) is 1.67. The smallest absolute Gasteiger partial charge is 0.289 e. The molecule has 0 aromatic carbocycles. The Hall–Kier alpha value is -1.25. The Labute approximate surface area is 83.7 Å². The first kappa shape index (κ1) is 9.31. The van der Waals surface area contributed by atoms with E-state index >= 15 is 0 Å². The summed E-state index contributed by atoms with van der Waals surface area (Å²) in [6.07, 6.45) is 3.82. The summed E-state index contributed by atoms with van der Waals surface area (Å²) < 4.78 is 5.09. The largest absolute Gasteiger partial charge is 0.459 e. The second-order valence-electron chi connectivity index (χ2n) is 3.79. The normalized spacial score (nSPS) is 21.5. The van der Waals surface area contributed by atoms with Crippen LogP contribution in [0.4, 0.5) is 0 Å². The molecule has 1 amide bonds. The molecule has 14 heavy (non-hydrogen) atoms. The third-order valence-corrected chi connectivity index (χ3v) is 2.88. The van der Waals surface area contributed by atoms with Crippen molar-refractivity contribution in [3.05, 3.63) is 24.2 Å². The Morgan fingerprint density at radius 2 is 2.57 bits per heavy atom. The molecule has 3 heteroatoms. The average molecular weight is 193 g/mol. The zero-order chi connectivity index (χ0) is 9.97. The monoisotopic (exact) mass is 193 g/mol. The Morgan fingerprint density at radius 1 is 1.71 bits per heavy atom.